The van der Waals surface area contributed by atoms with Gasteiger partial charge in [0.05, 0.1) is 0 Å². The van der Waals surface area contributed by atoms with Crippen LogP contribution in [-0.4, -0.2) is 0 Å². The number of nitrogens with zero attached hydrogens (tertiary/aromatic N) is 1. The van der Waals surface area contributed by atoms with Gasteiger partial charge in [0, 0.05) is 33.6 Å². The van der Waals surface area contributed by atoms with E-state index in [1.54, 1.807) is 0 Å². The molecule has 1 aliphatic heterocycles. The van der Waals surface area contributed by atoms with Gasteiger partial charge in [0.25, 0.3) is 0 Å². The summed E-state index contributed by atoms with van der Waals surface area (Å²) in [7, 11) is 0. The Kier molecular flexibility index (Phi) is 6.84. The molecular weight excluding hydrogens is 595 g/mol. The number of hydrogen-bond donors (Lipinski definition) is 0. The average Bonchev–Trinajstić information content (AvgIpc) is 3.15. The van der Waals surface area contributed by atoms with Crippen LogP contribution in [0.2, 0.25) is 0 Å². The second-order valence-electron chi connectivity index (χ2n) is 13.5. The van der Waals surface area contributed by atoms with Crippen molar-refractivity contribution in [3.63, 3.8) is 0 Å². The number of ether oxygens (including phenoxy) is 1. The van der Waals surface area contributed by atoms with E-state index in [-0.39, 0.29) is 5.41 Å². The molecule has 0 N–H and O–H groups in total. The fraction of sp³-hybridized carbons (Fsp3) is 0.0638. The fourth-order valence-corrected chi connectivity index (χ4v) is 7.36. The molecule has 0 saturated carbocycles. The molecule has 0 aromatic heterocycles. The number of rotatable bonds is 5. The van der Waals surface area contributed by atoms with Crippen LogP contribution in [0, 0.1) is 0 Å². The normalized spacial score (nSPS) is 13.0. The summed E-state index contributed by atoms with van der Waals surface area (Å²) in [5, 5.41) is 5.00. The molecule has 234 valence electrons. The summed E-state index contributed by atoms with van der Waals surface area (Å²) >= 11 is 0. The smallest absolute Gasteiger partial charge is 0.131 e. The van der Waals surface area contributed by atoms with Crippen molar-refractivity contribution in [1.82, 2.24) is 0 Å². The summed E-state index contributed by atoms with van der Waals surface area (Å²) in [5.41, 5.74) is 10.2. The van der Waals surface area contributed by atoms with E-state index in [4.69, 9.17) is 4.74 Å². The fourth-order valence-electron chi connectivity index (χ4n) is 7.36. The van der Waals surface area contributed by atoms with Crippen molar-refractivity contribution >= 4 is 38.6 Å². The van der Waals surface area contributed by atoms with E-state index in [9.17, 15) is 0 Å². The molecular formula is C47H35NO. The Balaban J connectivity index is 1.13. The van der Waals surface area contributed by atoms with Crippen molar-refractivity contribution in [3.8, 4) is 33.8 Å². The van der Waals surface area contributed by atoms with Gasteiger partial charge in [-0.2, -0.15) is 0 Å². The summed E-state index contributed by atoms with van der Waals surface area (Å²) in [6.45, 7) is 4.58. The first kappa shape index (κ1) is 29.1. The van der Waals surface area contributed by atoms with Gasteiger partial charge in [-0.25, -0.2) is 0 Å². The lowest BCUT2D eigenvalue weighted by atomic mass is 9.75. The van der Waals surface area contributed by atoms with Crippen molar-refractivity contribution < 1.29 is 4.74 Å². The highest BCUT2D eigenvalue weighted by molar-refractivity contribution is 5.89. The van der Waals surface area contributed by atoms with Crippen molar-refractivity contribution in [2.75, 3.05) is 4.90 Å². The number of benzene rings is 8. The molecule has 9 rings (SSSR count). The van der Waals surface area contributed by atoms with Crippen LogP contribution in [0.5, 0.6) is 11.5 Å². The van der Waals surface area contributed by atoms with Gasteiger partial charge in [-0.1, -0.05) is 129 Å². The molecule has 1 heterocycles. The molecule has 2 nitrogen and oxygen atoms in total. The molecule has 8 aromatic rings. The number of fused-ring (bicyclic) bond motifs is 4. The summed E-state index contributed by atoms with van der Waals surface area (Å²) in [4.78, 5) is 2.35. The van der Waals surface area contributed by atoms with Crippen molar-refractivity contribution in [2.45, 2.75) is 19.3 Å². The molecule has 2 heteroatoms. The van der Waals surface area contributed by atoms with Gasteiger partial charge in [-0.3, -0.25) is 0 Å². The largest absolute Gasteiger partial charge is 0.457 e. The Hall–Kier alpha value is -6.12. The second-order valence-corrected chi connectivity index (χ2v) is 13.5. The Bertz CT molecular complexity index is 2370. The lowest BCUT2D eigenvalue weighted by Gasteiger charge is -2.36. The number of hydrogen-bond acceptors (Lipinski definition) is 2. The van der Waals surface area contributed by atoms with Gasteiger partial charge in [0.2, 0.25) is 0 Å². The number of para-hydroxylation sites is 1. The Morgan fingerprint density at radius 1 is 0.367 bits per heavy atom. The van der Waals surface area contributed by atoms with Gasteiger partial charge < -0.3 is 9.64 Å². The summed E-state index contributed by atoms with van der Waals surface area (Å²) in [6, 6.07) is 63.3. The minimum absolute atomic E-state index is 0.217. The monoisotopic (exact) mass is 629 g/mol. The Morgan fingerprint density at radius 2 is 0.816 bits per heavy atom. The molecule has 0 aliphatic carbocycles. The van der Waals surface area contributed by atoms with E-state index in [0.717, 1.165) is 28.6 Å². The third-order valence-electron chi connectivity index (χ3n) is 10.1. The van der Waals surface area contributed by atoms with Crippen LogP contribution in [0.4, 0.5) is 17.1 Å². The first-order valence-electron chi connectivity index (χ1n) is 16.9. The predicted molar refractivity (Wildman–Crippen MR) is 206 cm³/mol. The van der Waals surface area contributed by atoms with Crippen LogP contribution in [0.15, 0.2) is 176 Å². The van der Waals surface area contributed by atoms with Crippen molar-refractivity contribution in [3.05, 3.63) is 187 Å². The van der Waals surface area contributed by atoms with Crippen LogP contribution in [0.25, 0.3) is 43.8 Å². The van der Waals surface area contributed by atoms with Gasteiger partial charge >= 0.3 is 0 Å². The maximum atomic E-state index is 6.43. The second kappa shape index (κ2) is 11.5. The molecule has 0 spiro atoms. The van der Waals surface area contributed by atoms with Crippen molar-refractivity contribution in [2.24, 2.45) is 0 Å². The summed E-state index contributed by atoms with van der Waals surface area (Å²) in [5.74, 6) is 1.84. The molecule has 0 amide bonds. The zero-order chi connectivity index (χ0) is 33.0. The summed E-state index contributed by atoms with van der Waals surface area (Å²) in [6.07, 6.45) is 0. The molecule has 0 fully saturated rings. The Labute approximate surface area is 287 Å². The van der Waals surface area contributed by atoms with Gasteiger partial charge in [0.1, 0.15) is 11.5 Å². The SMILES string of the molecule is CC1(C)c2ccccc2Oc2ccc(N(c3ccc(-c4ccc5ccccc5c4)cc3)c3ccc(-c4ccc5ccccc5c4)cc3)cc21. The first-order valence-corrected chi connectivity index (χ1v) is 16.9. The maximum Gasteiger partial charge on any atom is 0.131 e. The molecule has 0 radical (unpaired) electrons. The molecule has 0 saturated heterocycles. The highest BCUT2D eigenvalue weighted by atomic mass is 16.5. The van der Waals surface area contributed by atoms with Crippen LogP contribution in [-0.2, 0) is 5.41 Å². The lowest BCUT2D eigenvalue weighted by Crippen LogP contribution is -2.24. The average molecular weight is 630 g/mol. The molecule has 0 bridgehead atoms. The highest BCUT2D eigenvalue weighted by Crippen LogP contribution is 2.50. The highest BCUT2D eigenvalue weighted by Gasteiger charge is 2.34. The number of anilines is 3. The van der Waals surface area contributed by atoms with E-state index in [0.29, 0.717) is 0 Å². The minimum Gasteiger partial charge on any atom is -0.457 e. The standard InChI is InChI=1S/C47H35NO/c1-47(2)43-13-7-8-14-45(43)49-46-28-27-42(31-44(46)47)48(40-23-19-34(20-24-40)38-17-15-32-9-3-5-11-36(32)29-38)41-25-21-35(22-26-41)39-18-16-33-10-4-6-12-37(33)30-39/h3-31H,1-2H3. The molecule has 0 unspecified atom stereocenters. The lowest BCUT2D eigenvalue weighted by molar-refractivity contribution is 0.418. The van der Waals surface area contributed by atoms with E-state index >= 15 is 0 Å². The van der Waals surface area contributed by atoms with E-state index in [1.165, 1.54) is 54.9 Å². The van der Waals surface area contributed by atoms with E-state index in [1.807, 2.05) is 6.07 Å². The molecule has 0 atom stereocenters. The predicted octanol–water partition coefficient (Wildman–Crippen LogP) is 13.2. The minimum atomic E-state index is -0.217. The molecule has 8 aromatic carbocycles. The van der Waals surface area contributed by atoms with Crippen LogP contribution < -0.4 is 9.64 Å². The van der Waals surface area contributed by atoms with Gasteiger partial charge in [0.15, 0.2) is 0 Å². The van der Waals surface area contributed by atoms with Crippen molar-refractivity contribution in [1.29, 1.82) is 0 Å². The zero-order valence-electron chi connectivity index (χ0n) is 27.6. The van der Waals surface area contributed by atoms with E-state index in [2.05, 4.69) is 189 Å². The van der Waals surface area contributed by atoms with E-state index < -0.39 is 0 Å². The maximum absolute atomic E-state index is 6.43. The topological polar surface area (TPSA) is 12.5 Å². The quantitative estimate of drug-likeness (QED) is 0.188. The molecule has 1 aliphatic rings. The molecule has 49 heavy (non-hydrogen) atoms. The third kappa shape index (κ3) is 5.14. The Morgan fingerprint density at radius 3 is 1.39 bits per heavy atom. The summed E-state index contributed by atoms with van der Waals surface area (Å²) < 4.78 is 6.43. The van der Waals surface area contributed by atoms with Crippen LogP contribution in [0.1, 0.15) is 25.0 Å². The van der Waals surface area contributed by atoms with Gasteiger partial charge in [-0.15, -0.1) is 0 Å². The third-order valence-corrected chi connectivity index (χ3v) is 10.1. The first-order chi connectivity index (χ1) is 24.0. The van der Waals surface area contributed by atoms with Gasteiger partial charge in [-0.05, 0) is 104 Å². The van der Waals surface area contributed by atoms with Crippen LogP contribution in [0.3, 0.4) is 0 Å². The van der Waals surface area contributed by atoms with Crippen LogP contribution >= 0.6 is 0 Å². The zero-order valence-corrected chi connectivity index (χ0v) is 27.6.